The maximum Gasteiger partial charge on any atom is 0.355 e. The quantitative estimate of drug-likeness (QED) is 0.646. The molecular formula is C20H23BrN2O5. The van der Waals surface area contributed by atoms with Crippen molar-refractivity contribution in [3.63, 3.8) is 0 Å². The molecule has 150 valence electrons. The highest BCUT2D eigenvalue weighted by Gasteiger charge is 2.24. The number of hydrogen-bond donors (Lipinski definition) is 2. The van der Waals surface area contributed by atoms with Gasteiger partial charge in [0.1, 0.15) is 5.69 Å². The molecule has 0 spiro atoms. The largest absolute Gasteiger partial charge is 0.459 e. The molecule has 2 N–H and O–H groups in total. The monoisotopic (exact) mass is 450 g/mol. The fraction of sp³-hybridized carbons (Fsp3) is 0.350. The summed E-state index contributed by atoms with van der Waals surface area (Å²) in [5.74, 6) is -1.71. The van der Waals surface area contributed by atoms with E-state index in [4.69, 9.17) is 9.47 Å². The number of esters is 2. The molecule has 1 heterocycles. The molecule has 2 rings (SSSR count). The van der Waals surface area contributed by atoms with Crippen LogP contribution in [0.15, 0.2) is 22.7 Å². The predicted octanol–water partition coefficient (Wildman–Crippen LogP) is 4.06. The Kier molecular flexibility index (Phi) is 7.01. The van der Waals surface area contributed by atoms with Crippen molar-refractivity contribution in [3.05, 3.63) is 50.8 Å². The van der Waals surface area contributed by atoms with Gasteiger partial charge in [0.25, 0.3) is 5.91 Å². The normalized spacial score (nSPS) is 10.7. The summed E-state index contributed by atoms with van der Waals surface area (Å²) < 4.78 is 11.0. The summed E-state index contributed by atoms with van der Waals surface area (Å²) in [7, 11) is 0. The maximum absolute atomic E-state index is 12.3. The van der Waals surface area contributed by atoms with E-state index in [9.17, 15) is 14.4 Å². The molecule has 0 fully saturated rings. The molecule has 0 unspecified atom stereocenters. The van der Waals surface area contributed by atoms with Crippen molar-refractivity contribution in [2.75, 3.05) is 11.9 Å². The standard InChI is InChI=1S/C20H23BrN2O5/c1-10(2)28-19(25)17-12(4)18(22-13(17)5)20(26)27-9-16(24)23-15-7-6-11(3)8-14(15)21/h6-8,10,22H,9H2,1-5H3,(H,23,24). The fourth-order valence-corrected chi connectivity index (χ4v) is 3.24. The molecule has 8 heteroatoms. The zero-order valence-corrected chi connectivity index (χ0v) is 18.0. The second-order valence-electron chi connectivity index (χ2n) is 6.69. The average molecular weight is 451 g/mol. The van der Waals surface area contributed by atoms with E-state index in [1.165, 1.54) is 0 Å². The van der Waals surface area contributed by atoms with Crippen molar-refractivity contribution in [3.8, 4) is 0 Å². The molecule has 1 amide bonds. The van der Waals surface area contributed by atoms with Crippen LogP contribution in [0, 0.1) is 20.8 Å². The molecule has 0 aliphatic heterocycles. The summed E-state index contributed by atoms with van der Waals surface area (Å²) in [5, 5.41) is 2.67. The highest BCUT2D eigenvalue weighted by Crippen LogP contribution is 2.23. The van der Waals surface area contributed by atoms with E-state index in [1.54, 1.807) is 33.8 Å². The van der Waals surface area contributed by atoms with Gasteiger partial charge in [-0.05, 0) is 73.8 Å². The Labute approximate surface area is 171 Å². The first-order valence-electron chi connectivity index (χ1n) is 8.73. The molecule has 0 aliphatic rings. The lowest BCUT2D eigenvalue weighted by Gasteiger charge is -2.09. The SMILES string of the molecule is Cc1ccc(NC(=O)COC(=O)c2[nH]c(C)c(C(=O)OC(C)C)c2C)c(Br)c1. The summed E-state index contributed by atoms with van der Waals surface area (Å²) in [6.45, 7) is 8.26. The minimum Gasteiger partial charge on any atom is -0.459 e. The van der Waals surface area contributed by atoms with Crippen LogP contribution < -0.4 is 5.32 Å². The van der Waals surface area contributed by atoms with Gasteiger partial charge in [-0.3, -0.25) is 4.79 Å². The molecule has 2 aromatic rings. The zero-order valence-electron chi connectivity index (χ0n) is 16.4. The zero-order chi connectivity index (χ0) is 21.0. The van der Waals surface area contributed by atoms with E-state index in [0.717, 1.165) is 10.0 Å². The Morgan fingerprint density at radius 2 is 1.82 bits per heavy atom. The van der Waals surface area contributed by atoms with E-state index < -0.39 is 24.5 Å². The van der Waals surface area contributed by atoms with Crippen LogP contribution in [0.4, 0.5) is 5.69 Å². The summed E-state index contributed by atoms with van der Waals surface area (Å²) in [6.07, 6.45) is -0.276. The maximum atomic E-state index is 12.3. The van der Waals surface area contributed by atoms with E-state index in [1.807, 2.05) is 19.1 Å². The van der Waals surface area contributed by atoms with E-state index in [2.05, 4.69) is 26.2 Å². The number of halogens is 1. The van der Waals surface area contributed by atoms with Gasteiger partial charge in [0.05, 0.1) is 17.4 Å². The van der Waals surface area contributed by atoms with Crippen molar-refractivity contribution < 1.29 is 23.9 Å². The number of aromatic amines is 1. The summed E-state index contributed by atoms with van der Waals surface area (Å²) in [6, 6.07) is 5.48. The number of anilines is 1. The van der Waals surface area contributed by atoms with E-state index in [0.29, 0.717) is 22.5 Å². The van der Waals surface area contributed by atoms with Crippen LogP contribution in [0.5, 0.6) is 0 Å². The van der Waals surface area contributed by atoms with Gasteiger partial charge in [-0.15, -0.1) is 0 Å². The number of benzene rings is 1. The molecule has 28 heavy (non-hydrogen) atoms. The topological polar surface area (TPSA) is 97.5 Å². The van der Waals surface area contributed by atoms with Crippen molar-refractivity contribution in [2.45, 2.75) is 40.7 Å². The Hall–Kier alpha value is -2.61. The van der Waals surface area contributed by atoms with Crippen LogP contribution in [0.1, 0.15) is 51.5 Å². The van der Waals surface area contributed by atoms with Crippen LogP contribution in [0.3, 0.4) is 0 Å². The van der Waals surface area contributed by atoms with Crippen molar-refractivity contribution >= 4 is 39.5 Å². The molecule has 0 atom stereocenters. The second kappa shape index (κ2) is 9.05. The molecule has 0 radical (unpaired) electrons. The van der Waals surface area contributed by atoms with E-state index >= 15 is 0 Å². The lowest BCUT2D eigenvalue weighted by atomic mass is 10.1. The summed E-state index contributed by atoms with van der Waals surface area (Å²) in [4.78, 5) is 39.5. The van der Waals surface area contributed by atoms with Crippen molar-refractivity contribution in [1.82, 2.24) is 4.98 Å². The molecule has 0 saturated carbocycles. The molecule has 7 nitrogen and oxygen atoms in total. The third kappa shape index (κ3) is 5.22. The summed E-state index contributed by atoms with van der Waals surface area (Å²) >= 11 is 3.37. The van der Waals surface area contributed by atoms with Gasteiger partial charge in [0.15, 0.2) is 6.61 Å². The predicted molar refractivity (Wildman–Crippen MR) is 109 cm³/mol. The highest BCUT2D eigenvalue weighted by molar-refractivity contribution is 9.10. The number of hydrogen-bond acceptors (Lipinski definition) is 5. The fourth-order valence-electron chi connectivity index (χ4n) is 2.64. The smallest absolute Gasteiger partial charge is 0.355 e. The number of carbonyl (C=O) groups excluding carboxylic acids is 3. The van der Waals surface area contributed by atoms with Gasteiger partial charge in [-0.25, -0.2) is 9.59 Å². The Balaban J connectivity index is 2.03. The van der Waals surface area contributed by atoms with E-state index in [-0.39, 0.29) is 11.8 Å². The van der Waals surface area contributed by atoms with Crippen molar-refractivity contribution in [1.29, 1.82) is 0 Å². The molecule has 1 aromatic carbocycles. The Morgan fingerprint density at radius 1 is 1.14 bits per heavy atom. The van der Waals surface area contributed by atoms with Crippen LogP contribution in [0.25, 0.3) is 0 Å². The number of carbonyl (C=O) groups is 3. The number of nitrogens with one attached hydrogen (secondary N) is 2. The van der Waals surface area contributed by atoms with Crippen molar-refractivity contribution in [2.24, 2.45) is 0 Å². The van der Waals surface area contributed by atoms with Crippen LogP contribution in [-0.2, 0) is 14.3 Å². The van der Waals surface area contributed by atoms with Gasteiger partial charge in [0.2, 0.25) is 0 Å². The molecular weight excluding hydrogens is 428 g/mol. The van der Waals surface area contributed by atoms with Crippen LogP contribution in [-0.4, -0.2) is 35.5 Å². The van der Waals surface area contributed by atoms with Gasteiger partial charge < -0.3 is 19.8 Å². The number of aromatic nitrogens is 1. The molecule has 0 saturated heterocycles. The van der Waals surface area contributed by atoms with Gasteiger partial charge in [0, 0.05) is 10.2 Å². The van der Waals surface area contributed by atoms with Crippen LogP contribution in [0.2, 0.25) is 0 Å². The Bertz CT molecular complexity index is 918. The number of amides is 1. The highest BCUT2D eigenvalue weighted by atomic mass is 79.9. The first kappa shape index (κ1) is 21.7. The average Bonchev–Trinajstić information content (AvgIpc) is 2.89. The molecule has 0 aliphatic carbocycles. The Morgan fingerprint density at radius 3 is 2.43 bits per heavy atom. The number of ether oxygens (including phenoxy) is 2. The number of aryl methyl sites for hydroxylation is 2. The third-order valence-corrected chi connectivity index (χ3v) is 4.58. The molecule has 0 bridgehead atoms. The number of H-pyrrole nitrogens is 1. The van der Waals surface area contributed by atoms with Gasteiger partial charge in [-0.1, -0.05) is 6.07 Å². The lowest BCUT2D eigenvalue weighted by molar-refractivity contribution is -0.119. The minimum atomic E-state index is -0.720. The van der Waals surface area contributed by atoms with Gasteiger partial charge in [-0.2, -0.15) is 0 Å². The number of rotatable bonds is 6. The first-order chi connectivity index (χ1) is 13.1. The first-order valence-corrected chi connectivity index (χ1v) is 9.52. The summed E-state index contributed by atoms with van der Waals surface area (Å²) in [5.41, 5.74) is 2.97. The third-order valence-electron chi connectivity index (χ3n) is 3.92. The van der Waals surface area contributed by atoms with Gasteiger partial charge >= 0.3 is 11.9 Å². The van der Waals surface area contributed by atoms with Crippen LogP contribution >= 0.6 is 15.9 Å². The molecule has 1 aromatic heterocycles. The second-order valence-corrected chi connectivity index (χ2v) is 7.54. The minimum absolute atomic E-state index is 0.123. The lowest BCUT2D eigenvalue weighted by Crippen LogP contribution is -2.21.